The van der Waals surface area contributed by atoms with Crippen LogP contribution in [0.4, 0.5) is 0 Å². The highest BCUT2D eigenvalue weighted by Crippen LogP contribution is 2.50. The van der Waals surface area contributed by atoms with Crippen LogP contribution >= 0.6 is 0 Å². The summed E-state index contributed by atoms with van der Waals surface area (Å²) in [5, 5.41) is 0. The van der Waals surface area contributed by atoms with Crippen LogP contribution in [0.1, 0.15) is 51.9 Å². The van der Waals surface area contributed by atoms with Crippen molar-refractivity contribution in [1.82, 2.24) is 4.90 Å². The van der Waals surface area contributed by atoms with E-state index in [9.17, 15) is 4.79 Å². The molecule has 90 valence electrons. The van der Waals surface area contributed by atoms with Crippen LogP contribution in [-0.2, 0) is 4.79 Å². The zero-order valence-electron chi connectivity index (χ0n) is 10.3. The summed E-state index contributed by atoms with van der Waals surface area (Å²) in [4.78, 5) is 13.6. The quantitative estimate of drug-likeness (QED) is 0.702. The van der Waals surface area contributed by atoms with E-state index in [-0.39, 0.29) is 0 Å². The van der Waals surface area contributed by atoms with Gasteiger partial charge in [0.2, 0.25) is 5.91 Å². The summed E-state index contributed by atoms with van der Waals surface area (Å²) in [6.07, 6.45) is 9.72. The SMILES string of the molecule is CC(=O)N1CCCC1CC1CC2CCC1C2. The van der Waals surface area contributed by atoms with Crippen LogP contribution < -0.4 is 0 Å². The molecule has 2 nitrogen and oxygen atoms in total. The van der Waals surface area contributed by atoms with Gasteiger partial charge in [0.1, 0.15) is 0 Å². The summed E-state index contributed by atoms with van der Waals surface area (Å²) in [5.41, 5.74) is 0. The third-order valence-electron chi connectivity index (χ3n) is 5.24. The average molecular weight is 221 g/mol. The molecular formula is C14H23NO. The molecule has 2 saturated carbocycles. The molecule has 1 amide bonds. The normalized spacial score (nSPS) is 41.9. The zero-order valence-corrected chi connectivity index (χ0v) is 10.3. The van der Waals surface area contributed by atoms with Crippen LogP contribution in [0.3, 0.4) is 0 Å². The summed E-state index contributed by atoms with van der Waals surface area (Å²) in [6, 6.07) is 0.585. The lowest BCUT2D eigenvalue weighted by atomic mass is 9.84. The van der Waals surface area contributed by atoms with E-state index in [4.69, 9.17) is 0 Å². The number of amides is 1. The maximum absolute atomic E-state index is 11.5. The number of carbonyl (C=O) groups excluding carboxylic acids is 1. The topological polar surface area (TPSA) is 20.3 Å². The average Bonchev–Trinajstić information content (AvgIpc) is 2.91. The molecule has 0 aromatic carbocycles. The minimum atomic E-state index is 0.297. The molecule has 0 aromatic heterocycles. The Balaban J connectivity index is 1.60. The van der Waals surface area contributed by atoms with E-state index in [0.717, 1.165) is 24.3 Å². The molecule has 2 heteroatoms. The molecule has 0 aromatic rings. The lowest BCUT2D eigenvalue weighted by molar-refractivity contribution is -0.129. The Hall–Kier alpha value is -0.530. The van der Waals surface area contributed by atoms with Gasteiger partial charge in [0.15, 0.2) is 0 Å². The van der Waals surface area contributed by atoms with E-state index in [2.05, 4.69) is 4.90 Å². The molecular weight excluding hydrogens is 198 g/mol. The van der Waals surface area contributed by atoms with E-state index < -0.39 is 0 Å². The van der Waals surface area contributed by atoms with Crippen molar-refractivity contribution in [2.24, 2.45) is 17.8 Å². The van der Waals surface area contributed by atoms with Crippen molar-refractivity contribution in [1.29, 1.82) is 0 Å². The zero-order chi connectivity index (χ0) is 11.1. The first-order valence-corrected chi connectivity index (χ1v) is 7.01. The van der Waals surface area contributed by atoms with E-state index in [1.165, 1.54) is 44.9 Å². The van der Waals surface area contributed by atoms with Gasteiger partial charge in [-0.05, 0) is 56.3 Å². The number of fused-ring (bicyclic) bond motifs is 2. The van der Waals surface area contributed by atoms with Crippen LogP contribution in [0.2, 0.25) is 0 Å². The van der Waals surface area contributed by atoms with Gasteiger partial charge in [-0.1, -0.05) is 6.42 Å². The monoisotopic (exact) mass is 221 g/mol. The molecule has 2 aliphatic carbocycles. The van der Waals surface area contributed by atoms with Gasteiger partial charge in [-0.15, -0.1) is 0 Å². The lowest BCUT2D eigenvalue weighted by Crippen LogP contribution is -2.35. The maximum atomic E-state index is 11.5. The number of hydrogen-bond donors (Lipinski definition) is 0. The van der Waals surface area contributed by atoms with Gasteiger partial charge in [0.25, 0.3) is 0 Å². The van der Waals surface area contributed by atoms with Gasteiger partial charge in [-0.3, -0.25) is 4.79 Å². The number of rotatable bonds is 2. The molecule has 0 N–H and O–H groups in total. The molecule has 2 bridgehead atoms. The molecule has 3 rings (SSSR count). The minimum absolute atomic E-state index is 0.297. The van der Waals surface area contributed by atoms with Crippen LogP contribution in [0.15, 0.2) is 0 Å². The van der Waals surface area contributed by atoms with Crippen molar-refractivity contribution in [3.63, 3.8) is 0 Å². The van der Waals surface area contributed by atoms with E-state index >= 15 is 0 Å². The Morgan fingerprint density at radius 3 is 2.75 bits per heavy atom. The van der Waals surface area contributed by atoms with Crippen LogP contribution in [0.5, 0.6) is 0 Å². The Morgan fingerprint density at radius 1 is 1.25 bits per heavy atom. The Morgan fingerprint density at radius 2 is 2.12 bits per heavy atom. The highest BCUT2D eigenvalue weighted by molar-refractivity contribution is 5.73. The first kappa shape index (κ1) is 10.6. The molecule has 4 unspecified atom stereocenters. The second kappa shape index (κ2) is 4.05. The largest absolute Gasteiger partial charge is 0.340 e. The molecule has 3 aliphatic rings. The van der Waals surface area contributed by atoms with Gasteiger partial charge in [-0.25, -0.2) is 0 Å². The Bertz CT molecular complexity index is 288. The van der Waals surface area contributed by atoms with E-state index in [0.29, 0.717) is 11.9 Å². The van der Waals surface area contributed by atoms with Gasteiger partial charge in [-0.2, -0.15) is 0 Å². The van der Waals surface area contributed by atoms with E-state index in [1.807, 2.05) is 0 Å². The van der Waals surface area contributed by atoms with E-state index in [1.54, 1.807) is 6.92 Å². The Kier molecular flexibility index (Phi) is 2.68. The highest BCUT2D eigenvalue weighted by atomic mass is 16.2. The summed E-state index contributed by atoms with van der Waals surface area (Å²) in [7, 11) is 0. The molecule has 1 heterocycles. The lowest BCUT2D eigenvalue weighted by Gasteiger charge is -2.29. The molecule has 0 radical (unpaired) electrons. The fraction of sp³-hybridized carbons (Fsp3) is 0.929. The van der Waals surface area contributed by atoms with Gasteiger partial charge >= 0.3 is 0 Å². The Labute approximate surface area is 98.4 Å². The summed E-state index contributed by atoms with van der Waals surface area (Å²) >= 11 is 0. The van der Waals surface area contributed by atoms with Crippen molar-refractivity contribution in [2.45, 2.75) is 57.9 Å². The van der Waals surface area contributed by atoms with Crippen molar-refractivity contribution < 1.29 is 4.79 Å². The second-order valence-corrected chi connectivity index (χ2v) is 6.18. The van der Waals surface area contributed by atoms with Crippen molar-refractivity contribution in [3.8, 4) is 0 Å². The molecule has 16 heavy (non-hydrogen) atoms. The third kappa shape index (κ3) is 1.76. The van der Waals surface area contributed by atoms with Crippen molar-refractivity contribution >= 4 is 5.91 Å². The van der Waals surface area contributed by atoms with Gasteiger partial charge in [0.05, 0.1) is 0 Å². The number of nitrogens with zero attached hydrogens (tertiary/aromatic N) is 1. The minimum Gasteiger partial charge on any atom is -0.340 e. The van der Waals surface area contributed by atoms with Crippen LogP contribution in [0.25, 0.3) is 0 Å². The molecule has 0 spiro atoms. The predicted octanol–water partition coefficient (Wildman–Crippen LogP) is 2.82. The molecule has 3 fully saturated rings. The van der Waals surface area contributed by atoms with Crippen molar-refractivity contribution in [3.05, 3.63) is 0 Å². The highest BCUT2D eigenvalue weighted by Gasteiger charge is 2.41. The van der Waals surface area contributed by atoms with Crippen LogP contribution in [-0.4, -0.2) is 23.4 Å². The third-order valence-corrected chi connectivity index (χ3v) is 5.24. The number of carbonyl (C=O) groups is 1. The fourth-order valence-electron chi connectivity index (χ4n) is 4.51. The standard InChI is InChI=1S/C14H23NO/c1-10(16)15-6-2-3-14(15)9-13-8-11-4-5-12(13)7-11/h11-14H,2-9H2,1H3. The summed E-state index contributed by atoms with van der Waals surface area (Å²) in [6.45, 7) is 2.75. The summed E-state index contributed by atoms with van der Waals surface area (Å²) in [5.74, 6) is 3.30. The number of likely N-dealkylation sites (tertiary alicyclic amines) is 1. The summed E-state index contributed by atoms with van der Waals surface area (Å²) < 4.78 is 0. The molecule has 4 atom stereocenters. The first-order chi connectivity index (χ1) is 7.74. The smallest absolute Gasteiger partial charge is 0.219 e. The first-order valence-electron chi connectivity index (χ1n) is 7.01. The van der Waals surface area contributed by atoms with Crippen LogP contribution in [0, 0.1) is 17.8 Å². The van der Waals surface area contributed by atoms with Gasteiger partial charge in [0, 0.05) is 19.5 Å². The predicted molar refractivity (Wildman–Crippen MR) is 64.0 cm³/mol. The number of hydrogen-bond acceptors (Lipinski definition) is 1. The fourth-order valence-corrected chi connectivity index (χ4v) is 4.51. The molecule has 1 saturated heterocycles. The van der Waals surface area contributed by atoms with Gasteiger partial charge < -0.3 is 4.90 Å². The van der Waals surface area contributed by atoms with Crippen molar-refractivity contribution in [2.75, 3.05) is 6.54 Å². The second-order valence-electron chi connectivity index (χ2n) is 6.18. The maximum Gasteiger partial charge on any atom is 0.219 e. The molecule has 1 aliphatic heterocycles.